The molecule has 0 bridgehead atoms. The molecule has 1 saturated carbocycles. The molecule has 3 heterocycles. The van der Waals surface area contributed by atoms with E-state index in [-0.39, 0.29) is 53.4 Å². The second-order valence-electron chi connectivity index (χ2n) is 33.8. The molecule has 5 unspecified atom stereocenters. The number of sulfone groups is 1. The number of hydrogen-bond acceptors (Lipinski definition) is 13. The molecule has 17 heteroatoms. The van der Waals surface area contributed by atoms with E-state index in [9.17, 15) is 22.8 Å². The lowest BCUT2D eigenvalue weighted by atomic mass is 9.88. The van der Waals surface area contributed by atoms with Crippen molar-refractivity contribution in [2.75, 3.05) is 38.2 Å². The van der Waals surface area contributed by atoms with Crippen LogP contribution in [0.15, 0.2) is 367 Å². The molecule has 3 amide bonds. The minimum Gasteiger partial charge on any atom is -0.489 e. The molecule has 0 saturated heterocycles. The summed E-state index contributed by atoms with van der Waals surface area (Å²) in [4.78, 5) is 63.5. The number of rotatable bonds is 38. The Hall–Kier alpha value is -13.0. The van der Waals surface area contributed by atoms with Gasteiger partial charge in [-0.3, -0.25) is 29.4 Å². The highest BCUT2D eigenvalue weighted by atomic mass is 32.2. The Morgan fingerprint density at radius 3 is 1.24 bits per heavy atom. The van der Waals surface area contributed by atoms with Crippen LogP contribution in [0.1, 0.15) is 150 Å². The third-order valence-electron chi connectivity index (χ3n) is 24.3. The first-order valence-electron chi connectivity index (χ1n) is 45.7. The molecule has 1 aliphatic carbocycles. The van der Waals surface area contributed by atoms with E-state index in [1.807, 2.05) is 144 Å². The van der Waals surface area contributed by atoms with Gasteiger partial charge in [0.25, 0.3) is 0 Å². The van der Waals surface area contributed by atoms with Gasteiger partial charge in [0.1, 0.15) is 66.1 Å². The van der Waals surface area contributed by atoms with Crippen LogP contribution in [0.2, 0.25) is 0 Å². The van der Waals surface area contributed by atoms with Crippen LogP contribution >= 0.6 is 0 Å². The van der Waals surface area contributed by atoms with Gasteiger partial charge in [-0.1, -0.05) is 360 Å². The van der Waals surface area contributed by atoms with E-state index in [0.717, 1.165) is 109 Å². The molecule has 658 valence electrons. The summed E-state index contributed by atoms with van der Waals surface area (Å²) in [6.07, 6.45) is 14.3. The molecule has 16 nitrogen and oxygen atoms in total. The van der Waals surface area contributed by atoms with E-state index in [0.29, 0.717) is 77.1 Å². The Labute approximate surface area is 757 Å². The molecule has 1 fully saturated rings. The topological polar surface area (TPSA) is 187 Å². The molecule has 12 aromatic carbocycles. The summed E-state index contributed by atoms with van der Waals surface area (Å²) in [5, 5.41) is 9.74. The van der Waals surface area contributed by atoms with E-state index >= 15 is 0 Å². The lowest BCUT2D eigenvalue weighted by Crippen LogP contribution is -2.52. The van der Waals surface area contributed by atoms with Crippen LogP contribution in [-0.2, 0) is 76.2 Å². The van der Waals surface area contributed by atoms with Crippen LogP contribution in [0.25, 0.3) is 0 Å². The van der Waals surface area contributed by atoms with Crippen LogP contribution in [0.5, 0.6) is 11.5 Å². The number of benzene rings is 12. The first-order chi connectivity index (χ1) is 62.8. The summed E-state index contributed by atoms with van der Waals surface area (Å²) in [7, 11) is -3.34. The summed E-state index contributed by atoms with van der Waals surface area (Å²) in [5.41, 5.74) is 14.0. The Kier molecular flexibility index (Phi) is 33.9. The third-order valence-corrected chi connectivity index (χ3v) is 25.1. The van der Waals surface area contributed by atoms with Gasteiger partial charge in [0.2, 0.25) is 17.7 Å². The maximum absolute atomic E-state index is 14.5. The van der Waals surface area contributed by atoms with Gasteiger partial charge >= 0.3 is 0 Å². The van der Waals surface area contributed by atoms with E-state index < -0.39 is 21.9 Å². The predicted molar refractivity (Wildman–Crippen MR) is 518 cm³/mol. The molecule has 4 aliphatic rings. The van der Waals surface area contributed by atoms with Crippen LogP contribution in [0, 0.1) is 0 Å². The van der Waals surface area contributed by atoms with Gasteiger partial charge < -0.3 is 40.1 Å². The summed E-state index contributed by atoms with van der Waals surface area (Å²) < 4.78 is 36.7. The average Bonchev–Trinajstić information content (AvgIpc) is 1.68. The molecular weight excluding hydrogens is 1600 g/mol. The van der Waals surface area contributed by atoms with Crippen molar-refractivity contribution < 1.29 is 32.3 Å². The Bertz CT molecular complexity index is 5500. The minimum atomic E-state index is -3.34. The van der Waals surface area contributed by atoms with Crippen molar-refractivity contribution in [3.63, 3.8) is 0 Å². The number of unbranched alkanes of at least 4 members (excludes halogenated alkanes) is 1. The SMILES string of the molecule is CCCCNC(=O)C1C(Cc2ccc(OCc3ccccc3)cc2)N=C(CS(C)(=O)=O)N1CCCc1ccccc1.O=C(NC1CCCCC1)C1CN=C(C(c2ccccc2)c2ccccc2)N1Cc1ccccc1.O=C(NCc1ccccc1)C1C(Cc2ccc(OCc3ccccc3)cc2)N=C(CC(c2ccccc2)c2ccccc2)N1CCCc1ccccc1. The van der Waals surface area contributed by atoms with Crippen LogP contribution < -0.4 is 25.4 Å². The molecule has 0 spiro atoms. The highest BCUT2D eigenvalue weighted by Crippen LogP contribution is 2.37. The first-order valence-corrected chi connectivity index (χ1v) is 47.7. The largest absolute Gasteiger partial charge is 0.489 e. The molecule has 3 N–H and O–H groups in total. The zero-order valence-electron chi connectivity index (χ0n) is 73.8. The van der Waals surface area contributed by atoms with Gasteiger partial charge in [0.15, 0.2) is 9.84 Å². The van der Waals surface area contributed by atoms with Gasteiger partial charge in [-0.2, -0.15) is 0 Å². The second-order valence-corrected chi connectivity index (χ2v) is 36.0. The van der Waals surface area contributed by atoms with Crippen molar-refractivity contribution in [2.45, 2.75) is 171 Å². The number of amidine groups is 3. The molecule has 128 heavy (non-hydrogen) atoms. The standard InChI is InChI=1S/C48H47N3O2.C33H41N3O4S.C30H33N3O/c52-48(49-35-39-19-8-2-9-20-39)47-45(33-38-28-30-43(31-29-38)53-36-40-21-10-3-11-22-40)50-46(51(47)32-16-23-37-17-6-1-7-18-37)34-44(41-24-12-4-13-25-41)42-26-14-5-15-27-42;1-3-4-21-34-33(37)32-30(23-27-17-19-29(20-18-27)40-24-28-14-9-6-10-15-28)35-31(25-41(2,38)39)36(32)22-11-16-26-12-7-5-8-13-26;34-30(32-26-19-11-4-12-20-26)27-21-31-29(33(27)22-23-13-5-1-6-14-23)28(24-15-7-2-8-16-24)25-17-9-3-10-18-25/h1-15,17-22,24-31,44-45,47H,16,23,32-36H2,(H,49,52);5-10,12-15,17-20,30,32H,3-4,11,16,21-25H2,1-2H3,(H,34,37);1-3,5-10,13-18,26-28H,4,11-12,19-22H2,(H,32,34). The van der Waals surface area contributed by atoms with Gasteiger partial charge in [0, 0.05) is 57.4 Å². The molecule has 12 aromatic rings. The highest BCUT2D eigenvalue weighted by molar-refractivity contribution is 7.91. The fourth-order valence-electron chi connectivity index (χ4n) is 17.7. The molecule has 0 radical (unpaired) electrons. The lowest BCUT2D eigenvalue weighted by molar-refractivity contribution is -0.126. The van der Waals surface area contributed by atoms with Crippen LogP contribution in [0.3, 0.4) is 0 Å². The van der Waals surface area contributed by atoms with Gasteiger partial charge in [-0.15, -0.1) is 0 Å². The number of ether oxygens (including phenoxy) is 2. The fraction of sp³-hybridized carbons (Fsp3) is 0.297. The quantitative estimate of drug-likeness (QED) is 0.0314. The van der Waals surface area contributed by atoms with Crippen molar-refractivity contribution in [2.24, 2.45) is 15.0 Å². The first kappa shape index (κ1) is 91.2. The summed E-state index contributed by atoms with van der Waals surface area (Å²) >= 11 is 0. The molecule has 16 rings (SSSR count). The van der Waals surface area contributed by atoms with E-state index in [1.54, 1.807) is 0 Å². The van der Waals surface area contributed by atoms with Crippen molar-refractivity contribution in [1.29, 1.82) is 0 Å². The van der Waals surface area contributed by atoms with E-state index in [1.165, 1.54) is 64.5 Å². The lowest BCUT2D eigenvalue weighted by Gasteiger charge is -2.33. The maximum atomic E-state index is 14.5. The van der Waals surface area contributed by atoms with Gasteiger partial charge in [-0.05, 0) is 149 Å². The molecule has 3 aliphatic heterocycles. The second kappa shape index (κ2) is 47.5. The van der Waals surface area contributed by atoms with Gasteiger partial charge in [-0.25, -0.2) is 8.42 Å². The summed E-state index contributed by atoms with van der Waals surface area (Å²) in [5.74, 6) is 3.95. The number of carbonyl (C=O) groups is 3. The van der Waals surface area contributed by atoms with Crippen LogP contribution in [0.4, 0.5) is 0 Å². The molecule has 5 atom stereocenters. The monoisotopic (exact) mass is 1720 g/mol. The molecule has 0 aromatic heterocycles. The number of carbonyl (C=O) groups excluding carboxylic acids is 3. The van der Waals surface area contributed by atoms with Crippen molar-refractivity contribution in [3.8, 4) is 11.5 Å². The number of aliphatic imine (C=N–C) groups is 3. The molecular formula is C111H121N9O7S. The van der Waals surface area contributed by atoms with Crippen molar-refractivity contribution in [3.05, 3.63) is 419 Å². The minimum absolute atomic E-state index is 0.0103. The van der Waals surface area contributed by atoms with Gasteiger partial charge in [0.05, 0.1) is 24.5 Å². The number of nitrogens with zero attached hydrogens (tertiary/aromatic N) is 6. The Morgan fingerprint density at radius 2 is 0.805 bits per heavy atom. The van der Waals surface area contributed by atoms with E-state index in [4.69, 9.17) is 24.5 Å². The third kappa shape index (κ3) is 27.0. The zero-order valence-corrected chi connectivity index (χ0v) is 74.6. The Balaban J connectivity index is 0.000000159. The van der Waals surface area contributed by atoms with E-state index in [2.05, 4.69) is 245 Å². The number of aryl methyl sites for hydroxylation is 2. The fourth-order valence-corrected chi connectivity index (χ4v) is 18.4. The summed E-state index contributed by atoms with van der Waals surface area (Å²) in [6.45, 7) is 6.60. The number of amides is 3. The zero-order chi connectivity index (χ0) is 88.3. The number of hydrogen-bond donors (Lipinski definition) is 3. The maximum Gasteiger partial charge on any atom is 0.245 e. The smallest absolute Gasteiger partial charge is 0.245 e. The van der Waals surface area contributed by atoms with Crippen molar-refractivity contribution >= 4 is 45.1 Å². The van der Waals surface area contributed by atoms with Crippen LogP contribution in [-0.4, -0.2) is 133 Å². The highest BCUT2D eigenvalue weighted by Gasteiger charge is 2.44. The average molecular weight is 1730 g/mol. The summed E-state index contributed by atoms with van der Waals surface area (Å²) in [6, 6.07) is 118. The Morgan fingerprint density at radius 1 is 0.414 bits per heavy atom. The number of nitrogens with one attached hydrogen (secondary N) is 3. The predicted octanol–water partition coefficient (Wildman–Crippen LogP) is 19.8. The normalized spacial score (nSPS) is 16.7. The van der Waals surface area contributed by atoms with Crippen molar-refractivity contribution in [1.82, 2.24) is 30.7 Å².